The maximum atomic E-state index is 12.4. The van der Waals surface area contributed by atoms with Gasteiger partial charge in [-0.3, -0.25) is 23.5 Å². The van der Waals surface area contributed by atoms with Crippen LogP contribution in [0.3, 0.4) is 0 Å². The van der Waals surface area contributed by atoms with Gasteiger partial charge in [-0.1, -0.05) is 18.2 Å². The number of carbonyl (C=O) groups is 2. The topological polar surface area (TPSA) is 120 Å². The number of hydrogen-bond acceptors (Lipinski definition) is 5. The first-order valence-corrected chi connectivity index (χ1v) is 8.94. The molecule has 10 nitrogen and oxygen atoms in total. The number of amides is 2. The van der Waals surface area contributed by atoms with Gasteiger partial charge in [0.1, 0.15) is 6.54 Å². The second-order valence-electron chi connectivity index (χ2n) is 6.84. The number of aryl methyl sites for hydroxylation is 3. The molecule has 0 radical (unpaired) electrons. The molecule has 0 bridgehead atoms. The molecular weight excluding hydrogens is 376 g/mol. The summed E-state index contributed by atoms with van der Waals surface area (Å²) < 4.78 is 3.55. The molecule has 1 aromatic carbocycles. The number of hydrogen-bond donors (Lipinski definition) is 2. The highest BCUT2D eigenvalue weighted by Crippen LogP contribution is 2.18. The summed E-state index contributed by atoms with van der Waals surface area (Å²) >= 11 is 0. The van der Waals surface area contributed by atoms with Crippen LogP contribution >= 0.6 is 0 Å². The van der Waals surface area contributed by atoms with Gasteiger partial charge in [-0.15, -0.1) is 0 Å². The summed E-state index contributed by atoms with van der Waals surface area (Å²) in [5.74, 6) is -0.818. The summed E-state index contributed by atoms with van der Waals surface area (Å²) in [6.07, 6.45) is 1.32. The van der Waals surface area contributed by atoms with E-state index in [1.807, 2.05) is 32.0 Å². The highest BCUT2D eigenvalue weighted by Gasteiger charge is 2.16. The minimum atomic E-state index is -0.541. The van der Waals surface area contributed by atoms with E-state index in [2.05, 4.69) is 15.6 Å². The van der Waals surface area contributed by atoms with E-state index in [0.29, 0.717) is 0 Å². The number of aromatic nitrogens is 4. The van der Waals surface area contributed by atoms with Crippen molar-refractivity contribution < 1.29 is 9.59 Å². The average molecular weight is 398 g/mol. The Morgan fingerprint density at radius 2 is 1.69 bits per heavy atom. The van der Waals surface area contributed by atoms with Crippen molar-refractivity contribution in [1.82, 2.24) is 24.0 Å². The fourth-order valence-corrected chi connectivity index (χ4v) is 3.10. The van der Waals surface area contributed by atoms with Gasteiger partial charge in [-0.25, -0.2) is 9.78 Å². The predicted molar refractivity (Wildman–Crippen MR) is 108 cm³/mol. The van der Waals surface area contributed by atoms with E-state index >= 15 is 0 Å². The second-order valence-corrected chi connectivity index (χ2v) is 6.84. The van der Waals surface area contributed by atoms with E-state index in [1.165, 1.54) is 29.6 Å². The summed E-state index contributed by atoms with van der Waals surface area (Å²) in [6.45, 7) is 3.36. The summed E-state index contributed by atoms with van der Waals surface area (Å²) in [4.78, 5) is 52.9. The zero-order chi connectivity index (χ0) is 21.3. The number of nitrogens with zero attached hydrogens (tertiary/aromatic N) is 4. The van der Waals surface area contributed by atoms with Crippen molar-refractivity contribution in [1.29, 1.82) is 0 Å². The third-order valence-corrected chi connectivity index (χ3v) is 4.72. The smallest absolute Gasteiger partial charge is 0.332 e. The minimum absolute atomic E-state index is 0.143. The van der Waals surface area contributed by atoms with Gasteiger partial charge < -0.3 is 15.2 Å². The first-order chi connectivity index (χ1) is 13.7. The van der Waals surface area contributed by atoms with Crippen LogP contribution in [0, 0.1) is 13.8 Å². The summed E-state index contributed by atoms with van der Waals surface area (Å²) in [5, 5.41) is 5.32. The van der Waals surface area contributed by atoms with Crippen LogP contribution < -0.4 is 21.9 Å². The molecule has 0 spiro atoms. The molecule has 2 aromatic heterocycles. The Bertz CT molecular complexity index is 1210. The number of fused-ring (bicyclic) bond motifs is 1. The molecular formula is C19H22N6O4. The number of para-hydroxylation sites is 1. The van der Waals surface area contributed by atoms with Gasteiger partial charge in [-0.05, 0) is 25.0 Å². The fraction of sp³-hybridized carbons (Fsp3) is 0.316. The van der Waals surface area contributed by atoms with E-state index in [0.717, 1.165) is 21.4 Å². The fourth-order valence-electron chi connectivity index (χ4n) is 3.10. The van der Waals surface area contributed by atoms with Gasteiger partial charge in [0, 0.05) is 19.8 Å². The van der Waals surface area contributed by atoms with Gasteiger partial charge in [0.25, 0.3) is 5.56 Å². The third kappa shape index (κ3) is 3.82. The van der Waals surface area contributed by atoms with Crippen LogP contribution in [0.2, 0.25) is 0 Å². The maximum absolute atomic E-state index is 12.4. The van der Waals surface area contributed by atoms with Crippen LogP contribution in [0.4, 0.5) is 5.69 Å². The van der Waals surface area contributed by atoms with Crippen LogP contribution in [0.1, 0.15) is 11.1 Å². The second kappa shape index (κ2) is 7.74. The van der Waals surface area contributed by atoms with Crippen molar-refractivity contribution in [2.75, 3.05) is 11.9 Å². The van der Waals surface area contributed by atoms with E-state index in [9.17, 15) is 19.2 Å². The van der Waals surface area contributed by atoms with Crippen molar-refractivity contribution in [3.63, 3.8) is 0 Å². The summed E-state index contributed by atoms with van der Waals surface area (Å²) in [5.41, 5.74) is 1.87. The first kappa shape index (κ1) is 20.1. The number of carbonyl (C=O) groups excluding carboxylic acids is 2. The highest BCUT2D eigenvalue weighted by atomic mass is 16.2. The van der Waals surface area contributed by atoms with Crippen molar-refractivity contribution in [2.24, 2.45) is 14.1 Å². The predicted octanol–water partition coefficient (Wildman–Crippen LogP) is -0.195. The van der Waals surface area contributed by atoms with Crippen LogP contribution in [-0.4, -0.2) is 37.0 Å². The lowest BCUT2D eigenvalue weighted by Gasteiger charge is -2.12. The Morgan fingerprint density at radius 3 is 2.34 bits per heavy atom. The lowest BCUT2D eigenvalue weighted by atomic mass is 10.1. The van der Waals surface area contributed by atoms with E-state index < -0.39 is 17.2 Å². The zero-order valence-corrected chi connectivity index (χ0v) is 16.6. The van der Waals surface area contributed by atoms with Gasteiger partial charge >= 0.3 is 5.69 Å². The number of benzene rings is 1. The van der Waals surface area contributed by atoms with Crippen LogP contribution in [0.25, 0.3) is 11.2 Å². The Morgan fingerprint density at radius 1 is 1.03 bits per heavy atom. The maximum Gasteiger partial charge on any atom is 0.332 e. The van der Waals surface area contributed by atoms with Gasteiger partial charge in [0.05, 0.1) is 12.9 Å². The molecule has 3 aromatic rings. The molecule has 0 saturated heterocycles. The Hall–Kier alpha value is -3.69. The average Bonchev–Trinajstić information content (AvgIpc) is 3.09. The molecule has 0 aliphatic heterocycles. The summed E-state index contributed by atoms with van der Waals surface area (Å²) in [6, 6.07) is 5.68. The van der Waals surface area contributed by atoms with E-state index in [1.54, 1.807) is 0 Å². The molecule has 0 unspecified atom stereocenters. The molecule has 0 fully saturated rings. The highest BCUT2D eigenvalue weighted by molar-refractivity contribution is 5.95. The Labute approximate surface area is 165 Å². The van der Waals surface area contributed by atoms with Crippen molar-refractivity contribution >= 4 is 28.7 Å². The Balaban J connectivity index is 1.70. The molecule has 0 aliphatic carbocycles. The molecule has 0 saturated carbocycles. The molecule has 10 heteroatoms. The number of anilines is 1. The van der Waals surface area contributed by atoms with Gasteiger partial charge in [0.15, 0.2) is 11.2 Å². The van der Waals surface area contributed by atoms with Crippen molar-refractivity contribution in [2.45, 2.75) is 20.4 Å². The molecule has 2 heterocycles. The quantitative estimate of drug-likeness (QED) is 0.617. The molecule has 2 N–H and O–H groups in total. The molecule has 0 atom stereocenters. The monoisotopic (exact) mass is 398 g/mol. The van der Waals surface area contributed by atoms with Crippen LogP contribution in [0.5, 0.6) is 0 Å². The van der Waals surface area contributed by atoms with E-state index in [-0.39, 0.29) is 30.2 Å². The molecule has 0 aliphatic rings. The third-order valence-electron chi connectivity index (χ3n) is 4.72. The minimum Gasteiger partial charge on any atom is -0.345 e. The molecule has 3 rings (SSSR count). The lowest BCUT2D eigenvalue weighted by molar-refractivity contribution is -0.124. The zero-order valence-electron chi connectivity index (χ0n) is 16.6. The molecule has 152 valence electrons. The number of nitrogens with one attached hydrogen (secondary N) is 2. The number of rotatable bonds is 5. The van der Waals surface area contributed by atoms with Gasteiger partial charge in [-0.2, -0.15) is 0 Å². The summed E-state index contributed by atoms with van der Waals surface area (Å²) in [7, 11) is 2.86. The standard InChI is InChI=1S/C19H22N6O4/c1-11-6-5-7-12(2)15(11)22-13(26)8-20-14(27)9-25-10-21-17-16(25)18(28)24(4)19(29)23(17)3/h5-7,10H,8-9H2,1-4H3,(H,20,27)(H,22,26). The lowest BCUT2D eigenvalue weighted by Crippen LogP contribution is -2.38. The number of imidazole rings is 1. The first-order valence-electron chi connectivity index (χ1n) is 8.94. The SMILES string of the molecule is Cc1cccc(C)c1NC(=O)CNC(=O)Cn1cnc2c1c(=O)n(C)c(=O)n2C. The van der Waals surface area contributed by atoms with Crippen molar-refractivity contribution in [3.05, 3.63) is 56.5 Å². The van der Waals surface area contributed by atoms with E-state index in [4.69, 9.17) is 0 Å². The van der Waals surface area contributed by atoms with Crippen LogP contribution in [-0.2, 0) is 30.2 Å². The molecule has 29 heavy (non-hydrogen) atoms. The van der Waals surface area contributed by atoms with Crippen LogP contribution in [0.15, 0.2) is 34.1 Å². The molecule has 2 amide bonds. The Kier molecular flexibility index (Phi) is 5.35. The van der Waals surface area contributed by atoms with Gasteiger partial charge in [0.2, 0.25) is 11.8 Å². The normalized spacial score (nSPS) is 10.9. The van der Waals surface area contributed by atoms with Crippen molar-refractivity contribution in [3.8, 4) is 0 Å². The largest absolute Gasteiger partial charge is 0.345 e.